The molecule has 7 nitrogen and oxygen atoms in total. The van der Waals surface area contributed by atoms with Crippen LogP contribution in [0.4, 0.5) is 21.8 Å². The molecule has 3 heterocycles. The summed E-state index contributed by atoms with van der Waals surface area (Å²) >= 11 is 0. The number of hydrogen-bond acceptors (Lipinski definition) is 6. The lowest BCUT2D eigenvalue weighted by Gasteiger charge is -2.17. The molecule has 0 saturated carbocycles. The first-order chi connectivity index (χ1) is 14.1. The lowest BCUT2D eigenvalue weighted by atomic mass is 10.1. The second kappa shape index (κ2) is 9.32. The van der Waals surface area contributed by atoms with Crippen LogP contribution in [0.25, 0.3) is 11.1 Å². The van der Waals surface area contributed by atoms with E-state index in [4.69, 9.17) is 0 Å². The van der Waals surface area contributed by atoms with E-state index in [0.29, 0.717) is 17.5 Å². The molecule has 0 amide bonds. The second-order valence-electron chi connectivity index (χ2n) is 6.66. The predicted octanol–water partition coefficient (Wildman–Crippen LogP) is 4.75. The molecule has 30 heavy (non-hydrogen) atoms. The summed E-state index contributed by atoms with van der Waals surface area (Å²) in [6, 6.07) is 10.3. The second-order valence-corrected chi connectivity index (χ2v) is 6.66. The fourth-order valence-corrected chi connectivity index (χ4v) is 2.96. The van der Waals surface area contributed by atoms with Crippen molar-refractivity contribution >= 4 is 29.9 Å². The van der Waals surface area contributed by atoms with E-state index in [1.54, 1.807) is 41.6 Å². The van der Waals surface area contributed by atoms with Gasteiger partial charge in [-0.15, -0.1) is 12.4 Å². The zero-order valence-electron chi connectivity index (χ0n) is 16.5. The van der Waals surface area contributed by atoms with E-state index < -0.39 is 0 Å². The van der Waals surface area contributed by atoms with Crippen LogP contribution in [0, 0.1) is 5.82 Å². The van der Waals surface area contributed by atoms with Crippen LogP contribution in [0.3, 0.4) is 0 Å². The van der Waals surface area contributed by atoms with Gasteiger partial charge < -0.3 is 10.6 Å². The molecule has 0 aliphatic heterocycles. The van der Waals surface area contributed by atoms with Gasteiger partial charge in [0.1, 0.15) is 23.3 Å². The molecular weight excluding hydrogens is 405 g/mol. The van der Waals surface area contributed by atoms with E-state index in [2.05, 4.69) is 30.7 Å². The zero-order chi connectivity index (χ0) is 20.2. The predicted molar refractivity (Wildman–Crippen MR) is 117 cm³/mol. The Balaban J connectivity index is 0.00000256. The minimum Gasteiger partial charge on any atom is -0.363 e. The number of rotatable bonds is 6. The van der Waals surface area contributed by atoms with Crippen LogP contribution in [0.2, 0.25) is 0 Å². The number of aryl methyl sites for hydroxylation is 1. The molecule has 0 saturated heterocycles. The van der Waals surface area contributed by atoms with Crippen molar-refractivity contribution in [1.82, 2.24) is 24.7 Å². The smallest absolute Gasteiger partial charge is 0.150 e. The third kappa shape index (κ3) is 5.09. The van der Waals surface area contributed by atoms with Gasteiger partial charge in [-0.05, 0) is 42.3 Å². The van der Waals surface area contributed by atoms with Crippen molar-refractivity contribution in [3.8, 4) is 11.1 Å². The van der Waals surface area contributed by atoms with Crippen molar-refractivity contribution in [2.75, 3.05) is 10.6 Å². The third-order valence-electron chi connectivity index (χ3n) is 4.42. The summed E-state index contributed by atoms with van der Waals surface area (Å²) in [6.45, 7) is 2.00. The van der Waals surface area contributed by atoms with Crippen molar-refractivity contribution in [3.05, 3.63) is 78.8 Å². The number of anilines is 3. The minimum atomic E-state index is -0.256. The van der Waals surface area contributed by atoms with Gasteiger partial charge in [0, 0.05) is 37.2 Å². The van der Waals surface area contributed by atoms with Gasteiger partial charge in [0.15, 0.2) is 0 Å². The highest BCUT2D eigenvalue weighted by Crippen LogP contribution is 2.28. The quantitative estimate of drug-likeness (QED) is 0.464. The summed E-state index contributed by atoms with van der Waals surface area (Å²) in [4.78, 5) is 13.0. The highest BCUT2D eigenvalue weighted by molar-refractivity contribution is 5.85. The maximum Gasteiger partial charge on any atom is 0.150 e. The Labute approximate surface area is 179 Å². The summed E-state index contributed by atoms with van der Waals surface area (Å²) in [5, 5.41) is 10.8. The summed E-state index contributed by atoms with van der Waals surface area (Å²) in [6.07, 6.45) is 8.60. The number of halogens is 2. The summed E-state index contributed by atoms with van der Waals surface area (Å²) in [5.41, 5.74) is 2.88. The third-order valence-corrected chi connectivity index (χ3v) is 4.42. The summed E-state index contributed by atoms with van der Waals surface area (Å²) in [7, 11) is 1.87. The van der Waals surface area contributed by atoms with Crippen molar-refractivity contribution in [3.63, 3.8) is 0 Å². The average molecular weight is 426 g/mol. The number of hydrogen-bond donors (Lipinski definition) is 2. The van der Waals surface area contributed by atoms with E-state index in [1.807, 2.05) is 32.3 Å². The number of nitrogens with zero attached hydrogens (tertiary/aromatic N) is 5. The van der Waals surface area contributed by atoms with Gasteiger partial charge in [0.25, 0.3) is 0 Å². The van der Waals surface area contributed by atoms with Crippen molar-refractivity contribution in [1.29, 1.82) is 0 Å². The Kier molecular flexibility index (Phi) is 6.58. The van der Waals surface area contributed by atoms with Gasteiger partial charge >= 0.3 is 0 Å². The van der Waals surface area contributed by atoms with Gasteiger partial charge in [-0.3, -0.25) is 9.67 Å². The molecule has 0 bridgehead atoms. The van der Waals surface area contributed by atoms with Crippen LogP contribution in [-0.4, -0.2) is 24.7 Å². The number of nitrogens with one attached hydrogen (secondary N) is 2. The molecule has 1 atom stereocenters. The molecule has 0 aliphatic rings. The van der Waals surface area contributed by atoms with Gasteiger partial charge in [-0.25, -0.2) is 14.4 Å². The standard InChI is InChI=1S/C21H20FN7.ClH/c1-14(15-3-5-18(22)6-4-15)26-19-9-16(17-11-25-29(2)13-17)10-20(27-19)28-21-12-23-7-8-24-21;/h3-14H,1-2H3,(H2,24,26,27,28);1H/t14-;/m0./s1. The van der Waals surface area contributed by atoms with Crippen molar-refractivity contribution in [2.24, 2.45) is 7.05 Å². The topological polar surface area (TPSA) is 80.5 Å². The molecule has 0 fully saturated rings. The van der Waals surface area contributed by atoms with E-state index in [0.717, 1.165) is 16.7 Å². The van der Waals surface area contributed by atoms with Gasteiger partial charge in [-0.1, -0.05) is 12.1 Å². The highest BCUT2D eigenvalue weighted by Gasteiger charge is 2.11. The van der Waals surface area contributed by atoms with Gasteiger partial charge in [-0.2, -0.15) is 5.10 Å². The largest absolute Gasteiger partial charge is 0.363 e. The van der Waals surface area contributed by atoms with Crippen molar-refractivity contribution in [2.45, 2.75) is 13.0 Å². The Morgan fingerprint density at radius 2 is 1.73 bits per heavy atom. The van der Waals surface area contributed by atoms with E-state index in [9.17, 15) is 4.39 Å². The lowest BCUT2D eigenvalue weighted by Crippen LogP contribution is -2.09. The summed E-state index contributed by atoms with van der Waals surface area (Å²) in [5.74, 6) is 1.64. The zero-order valence-corrected chi connectivity index (χ0v) is 17.3. The van der Waals surface area contributed by atoms with E-state index in [1.165, 1.54) is 12.1 Å². The molecule has 0 spiro atoms. The molecule has 4 rings (SSSR count). The van der Waals surface area contributed by atoms with Gasteiger partial charge in [0.2, 0.25) is 0 Å². The number of pyridine rings is 1. The molecule has 3 aromatic heterocycles. The van der Waals surface area contributed by atoms with Crippen LogP contribution in [0.15, 0.2) is 67.4 Å². The van der Waals surface area contributed by atoms with Crippen LogP contribution >= 0.6 is 12.4 Å². The minimum absolute atomic E-state index is 0. The normalized spacial score (nSPS) is 11.4. The first kappa shape index (κ1) is 21.2. The molecule has 2 N–H and O–H groups in total. The van der Waals surface area contributed by atoms with Crippen LogP contribution < -0.4 is 10.6 Å². The monoisotopic (exact) mass is 425 g/mol. The Bertz CT molecular complexity index is 1100. The highest BCUT2D eigenvalue weighted by atomic mass is 35.5. The van der Waals surface area contributed by atoms with Gasteiger partial charge in [0.05, 0.1) is 12.4 Å². The lowest BCUT2D eigenvalue weighted by molar-refractivity contribution is 0.626. The number of aromatic nitrogens is 5. The van der Waals surface area contributed by atoms with Crippen LogP contribution in [0.1, 0.15) is 18.5 Å². The van der Waals surface area contributed by atoms with Crippen molar-refractivity contribution < 1.29 is 4.39 Å². The van der Waals surface area contributed by atoms with E-state index >= 15 is 0 Å². The molecule has 0 unspecified atom stereocenters. The maximum absolute atomic E-state index is 13.2. The Morgan fingerprint density at radius 3 is 2.40 bits per heavy atom. The molecule has 0 radical (unpaired) electrons. The number of benzene rings is 1. The maximum atomic E-state index is 13.2. The average Bonchev–Trinajstić information content (AvgIpc) is 3.15. The first-order valence-electron chi connectivity index (χ1n) is 9.13. The molecule has 0 aliphatic carbocycles. The Morgan fingerprint density at radius 1 is 0.967 bits per heavy atom. The first-order valence-corrected chi connectivity index (χ1v) is 9.13. The fourth-order valence-electron chi connectivity index (χ4n) is 2.96. The fraction of sp³-hybridized carbons (Fsp3) is 0.143. The van der Waals surface area contributed by atoms with Crippen LogP contribution in [0.5, 0.6) is 0 Å². The van der Waals surface area contributed by atoms with E-state index in [-0.39, 0.29) is 24.3 Å². The molecular formula is C21H21ClFN7. The molecule has 9 heteroatoms. The Hall–Kier alpha value is -3.52. The van der Waals surface area contributed by atoms with Crippen LogP contribution in [-0.2, 0) is 7.05 Å². The molecule has 154 valence electrons. The molecule has 1 aromatic carbocycles. The summed E-state index contributed by atoms with van der Waals surface area (Å²) < 4.78 is 15.0. The molecule has 4 aromatic rings. The SMILES string of the molecule is C[C@H](Nc1cc(-c2cnn(C)c2)cc(Nc2cnccn2)n1)c1ccc(F)cc1.Cl.